The molecule has 0 bridgehead atoms. The lowest BCUT2D eigenvalue weighted by atomic mass is 9.90. The van der Waals surface area contributed by atoms with Gasteiger partial charge in [0.15, 0.2) is 11.5 Å². The van der Waals surface area contributed by atoms with E-state index in [0.29, 0.717) is 16.4 Å². The highest BCUT2D eigenvalue weighted by Gasteiger charge is 2.47. The largest absolute Gasteiger partial charge is 0.586 e. The van der Waals surface area contributed by atoms with Crippen LogP contribution in [0.25, 0.3) is 0 Å². The third kappa shape index (κ3) is 3.12. The lowest BCUT2D eigenvalue weighted by Gasteiger charge is -2.20. The zero-order chi connectivity index (χ0) is 17.6. The fourth-order valence-electron chi connectivity index (χ4n) is 3.37. The number of ether oxygens (including phenoxy) is 2. The molecule has 0 aromatic heterocycles. The van der Waals surface area contributed by atoms with Crippen LogP contribution in [-0.2, 0) is 18.6 Å². The van der Waals surface area contributed by atoms with Crippen molar-refractivity contribution in [2.24, 2.45) is 0 Å². The molecule has 1 aromatic rings. The molecule has 1 aromatic carbocycles. The number of thiol groups is 1. The predicted molar refractivity (Wildman–Crippen MR) is 92.8 cm³/mol. The van der Waals surface area contributed by atoms with Crippen LogP contribution in [0.15, 0.2) is 10.1 Å². The average Bonchev–Trinajstić information content (AvgIpc) is 3.06. The van der Waals surface area contributed by atoms with E-state index in [1.807, 2.05) is 13.8 Å². The Morgan fingerprint density at radius 1 is 1.21 bits per heavy atom. The van der Waals surface area contributed by atoms with Crippen molar-refractivity contribution in [3.05, 3.63) is 32.3 Å². The summed E-state index contributed by atoms with van der Waals surface area (Å²) in [7, 11) is 0. The second-order valence-electron chi connectivity index (χ2n) is 6.31. The van der Waals surface area contributed by atoms with Crippen LogP contribution in [0.1, 0.15) is 55.4 Å². The molecule has 0 amide bonds. The Labute approximate surface area is 149 Å². The molecule has 3 rings (SSSR count). The van der Waals surface area contributed by atoms with Crippen molar-refractivity contribution in [2.75, 3.05) is 0 Å². The summed E-state index contributed by atoms with van der Waals surface area (Å²) < 4.78 is 50.6. The summed E-state index contributed by atoms with van der Waals surface area (Å²) in [6.07, 6.45) is -1.23. The van der Waals surface area contributed by atoms with Gasteiger partial charge in [-0.1, -0.05) is 13.8 Å². The maximum atomic E-state index is 13.7. The molecule has 2 aliphatic rings. The molecular weight excluding hydrogens is 357 g/mol. The minimum absolute atomic E-state index is 0.0171. The zero-order valence-corrected chi connectivity index (χ0v) is 15.4. The normalized spacial score (nSPS) is 18.8. The summed E-state index contributed by atoms with van der Waals surface area (Å²) in [5.41, 5.74) is 3.54. The van der Waals surface area contributed by atoms with Crippen LogP contribution in [0.4, 0.5) is 13.2 Å². The minimum atomic E-state index is -3.63. The standard InChI is InChI=1S/C17H19F3O2S2/c1-8(2)13-12(7-24-16(23)9(3)18)10-5-4-6-11(10)14-15(13)22-17(19,20)21-14/h8,23H,4-7H2,1-3H3/b16-9-. The lowest BCUT2D eigenvalue weighted by Crippen LogP contribution is -2.26. The molecule has 0 radical (unpaired) electrons. The number of fused-ring (bicyclic) bond motifs is 3. The van der Waals surface area contributed by atoms with Gasteiger partial charge in [-0.15, -0.1) is 33.2 Å². The molecular formula is C17H19F3O2S2. The SMILES string of the molecule is C/C(F)=C(\S)SCc1c2c(c3c(c1C(C)C)OC(F)(F)O3)CCC2. The summed E-state index contributed by atoms with van der Waals surface area (Å²) in [5, 5.41) is 0. The smallest absolute Gasteiger partial charge is 0.395 e. The van der Waals surface area contributed by atoms with Gasteiger partial charge in [-0.3, -0.25) is 0 Å². The second-order valence-corrected chi connectivity index (χ2v) is 8.05. The average molecular weight is 376 g/mol. The van der Waals surface area contributed by atoms with Gasteiger partial charge >= 0.3 is 6.29 Å². The van der Waals surface area contributed by atoms with Gasteiger partial charge in [0, 0.05) is 16.9 Å². The van der Waals surface area contributed by atoms with E-state index in [-0.39, 0.29) is 23.2 Å². The molecule has 0 atom stereocenters. The first-order valence-corrected chi connectivity index (χ1v) is 9.29. The molecule has 0 fully saturated rings. The van der Waals surface area contributed by atoms with Gasteiger partial charge in [-0.2, -0.15) is 0 Å². The van der Waals surface area contributed by atoms with Crippen molar-refractivity contribution in [1.82, 2.24) is 0 Å². The molecule has 7 heteroatoms. The Hall–Kier alpha value is -0.950. The van der Waals surface area contributed by atoms with Gasteiger partial charge < -0.3 is 9.47 Å². The van der Waals surface area contributed by atoms with E-state index in [1.165, 1.54) is 18.7 Å². The second kappa shape index (κ2) is 6.41. The lowest BCUT2D eigenvalue weighted by molar-refractivity contribution is -0.287. The highest BCUT2D eigenvalue weighted by atomic mass is 32.2. The summed E-state index contributed by atoms with van der Waals surface area (Å²) in [6.45, 7) is 5.22. The first-order chi connectivity index (χ1) is 11.2. The molecule has 24 heavy (non-hydrogen) atoms. The van der Waals surface area contributed by atoms with E-state index < -0.39 is 6.29 Å². The molecule has 0 saturated carbocycles. The number of halogens is 3. The quantitative estimate of drug-likeness (QED) is 0.656. The molecule has 0 N–H and O–H groups in total. The predicted octanol–water partition coefficient (Wildman–Crippen LogP) is 5.94. The van der Waals surface area contributed by atoms with E-state index in [0.717, 1.165) is 35.1 Å². The molecule has 0 saturated heterocycles. The van der Waals surface area contributed by atoms with Crippen molar-refractivity contribution in [2.45, 2.75) is 58.0 Å². The van der Waals surface area contributed by atoms with Crippen LogP contribution >= 0.6 is 24.4 Å². The van der Waals surface area contributed by atoms with Gasteiger partial charge in [-0.05, 0) is 43.2 Å². The molecule has 132 valence electrons. The third-order valence-electron chi connectivity index (χ3n) is 4.30. The van der Waals surface area contributed by atoms with Crippen LogP contribution in [0.5, 0.6) is 11.5 Å². The minimum Gasteiger partial charge on any atom is -0.395 e. The van der Waals surface area contributed by atoms with Crippen LogP contribution in [-0.4, -0.2) is 6.29 Å². The van der Waals surface area contributed by atoms with Gasteiger partial charge in [-0.25, -0.2) is 4.39 Å². The molecule has 0 spiro atoms. The summed E-state index contributed by atoms with van der Waals surface area (Å²) >= 11 is 5.41. The highest BCUT2D eigenvalue weighted by Crippen LogP contribution is 2.53. The topological polar surface area (TPSA) is 18.5 Å². The first-order valence-electron chi connectivity index (χ1n) is 7.85. The molecule has 2 nitrogen and oxygen atoms in total. The number of rotatable bonds is 4. The Balaban J connectivity index is 2.12. The van der Waals surface area contributed by atoms with Crippen molar-refractivity contribution in [1.29, 1.82) is 0 Å². The Kier molecular flexibility index (Phi) is 4.77. The molecule has 1 heterocycles. The number of hydrogen-bond acceptors (Lipinski definition) is 4. The van der Waals surface area contributed by atoms with Gasteiger partial charge in [0.1, 0.15) is 5.83 Å². The number of hydrogen-bond donors (Lipinski definition) is 1. The van der Waals surface area contributed by atoms with E-state index in [1.54, 1.807) is 0 Å². The maximum Gasteiger partial charge on any atom is 0.586 e. The maximum absolute atomic E-state index is 13.7. The van der Waals surface area contributed by atoms with Gasteiger partial charge in [0.2, 0.25) is 0 Å². The van der Waals surface area contributed by atoms with E-state index in [4.69, 9.17) is 9.47 Å². The summed E-state index contributed by atoms with van der Waals surface area (Å²) in [5.74, 6) is 0.439. The van der Waals surface area contributed by atoms with Crippen molar-refractivity contribution in [3.8, 4) is 11.5 Å². The molecule has 1 aliphatic heterocycles. The van der Waals surface area contributed by atoms with Crippen molar-refractivity contribution in [3.63, 3.8) is 0 Å². The molecule has 0 unspecified atom stereocenters. The zero-order valence-electron chi connectivity index (χ0n) is 13.7. The van der Waals surface area contributed by atoms with Gasteiger partial charge in [0.25, 0.3) is 0 Å². The van der Waals surface area contributed by atoms with Crippen molar-refractivity contribution < 1.29 is 22.6 Å². The first kappa shape index (κ1) is 17.9. The summed E-state index contributed by atoms with van der Waals surface area (Å²) in [6, 6.07) is 0. The number of benzene rings is 1. The van der Waals surface area contributed by atoms with Crippen LogP contribution in [0.3, 0.4) is 0 Å². The van der Waals surface area contributed by atoms with Crippen LogP contribution in [0, 0.1) is 0 Å². The fraction of sp³-hybridized carbons (Fsp3) is 0.529. The van der Waals surface area contributed by atoms with Gasteiger partial charge in [0.05, 0.1) is 4.24 Å². The van der Waals surface area contributed by atoms with Crippen LogP contribution < -0.4 is 9.47 Å². The monoisotopic (exact) mass is 376 g/mol. The van der Waals surface area contributed by atoms with E-state index >= 15 is 0 Å². The number of allylic oxidation sites excluding steroid dienone is 1. The number of thioether (sulfide) groups is 1. The summed E-state index contributed by atoms with van der Waals surface area (Å²) in [4.78, 5) is 0. The van der Waals surface area contributed by atoms with Crippen LogP contribution in [0.2, 0.25) is 0 Å². The third-order valence-corrected chi connectivity index (χ3v) is 5.98. The van der Waals surface area contributed by atoms with Crippen molar-refractivity contribution >= 4 is 24.4 Å². The van der Waals surface area contributed by atoms with E-state index in [9.17, 15) is 13.2 Å². The fourth-order valence-corrected chi connectivity index (χ4v) is 4.37. The van der Waals surface area contributed by atoms with E-state index in [2.05, 4.69) is 12.6 Å². The highest BCUT2D eigenvalue weighted by molar-refractivity contribution is 8.15. The molecule has 1 aliphatic carbocycles. The Morgan fingerprint density at radius 2 is 1.83 bits per heavy atom. The Bertz CT molecular complexity index is 711. The number of alkyl halides is 2. The Morgan fingerprint density at radius 3 is 2.46 bits per heavy atom.